The highest BCUT2D eigenvalue weighted by Gasteiger charge is 2.19. The number of benzene rings is 3. The van der Waals surface area contributed by atoms with Crippen molar-refractivity contribution in [1.29, 1.82) is 0 Å². The maximum absolute atomic E-state index is 13.0. The van der Waals surface area contributed by atoms with E-state index in [1.165, 1.54) is 11.1 Å². The Labute approximate surface area is 177 Å². The molecule has 0 spiro atoms. The van der Waals surface area contributed by atoms with Crippen molar-refractivity contribution in [2.45, 2.75) is 39.2 Å². The van der Waals surface area contributed by atoms with Gasteiger partial charge in [0, 0.05) is 10.9 Å². The van der Waals surface area contributed by atoms with Crippen molar-refractivity contribution < 1.29 is 9.21 Å². The maximum Gasteiger partial charge on any atom is 0.225 e. The first kappa shape index (κ1) is 20.0. The minimum absolute atomic E-state index is 0.0259. The van der Waals surface area contributed by atoms with Crippen LogP contribution in [0.25, 0.3) is 11.0 Å². The molecule has 0 fully saturated rings. The van der Waals surface area contributed by atoms with Crippen molar-refractivity contribution in [3.8, 4) is 0 Å². The normalized spacial score (nSPS) is 11.4. The van der Waals surface area contributed by atoms with E-state index in [0.717, 1.165) is 27.7 Å². The van der Waals surface area contributed by atoms with Crippen molar-refractivity contribution >= 4 is 16.9 Å². The Morgan fingerprint density at radius 1 is 0.933 bits per heavy atom. The van der Waals surface area contributed by atoms with Crippen LogP contribution in [-0.2, 0) is 11.2 Å². The Balaban J connectivity index is 1.61. The third-order valence-electron chi connectivity index (χ3n) is 5.59. The number of fused-ring (bicyclic) bond motifs is 1. The highest BCUT2D eigenvalue weighted by atomic mass is 16.3. The molecule has 0 radical (unpaired) electrons. The number of carbonyl (C=O) groups is 1. The lowest BCUT2D eigenvalue weighted by atomic mass is 9.95. The van der Waals surface area contributed by atoms with Crippen LogP contribution >= 0.6 is 0 Å². The Morgan fingerprint density at radius 2 is 1.53 bits per heavy atom. The summed E-state index contributed by atoms with van der Waals surface area (Å²) >= 11 is 0. The van der Waals surface area contributed by atoms with Gasteiger partial charge < -0.3 is 9.73 Å². The molecule has 1 aromatic heterocycles. The van der Waals surface area contributed by atoms with Crippen LogP contribution in [0.15, 0.2) is 83.5 Å². The van der Waals surface area contributed by atoms with Gasteiger partial charge in [-0.3, -0.25) is 4.79 Å². The van der Waals surface area contributed by atoms with E-state index < -0.39 is 0 Å². The Kier molecular flexibility index (Phi) is 5.71. The molecule has 0 saturated carbocycles. The number of amides is 1. The van der Waals surface area contributed by atoms with E-state index in [-0.39, 0.29) is 18.4 Å². The van der Waals surface area contributed by atoms with E-state index in [4.69, 9.17) is 4.42 Å². The van der Waals surface area contributed by atoms with Crippen molar-refractivity contribution in [3.05, 3.63) is 107 Å². The van der Waals surface area contributed by atoms with Crippen molar-refractivity contribution in [2.24, 2.45) is 0 Å². The number of furan rings is 1. The monoisotopic (exact) mass is 397 g/mol. The molecule has 3 aromatic carbocycles. The lowest BCUT2D eigenvalue weighted by molar-refractivity contribution is -0.120. The number of rotatable bonds is 6. The summed E-state index contributed by atoms with van der Waals surface area (Å²) in [5.41, 5.74) is 6.39. The molecule has 0 aliphatic carbocycles. The summed E-state index contributed by atoms with van der Waals surface area (Å²) in [5.74, 6) is 0.397. The molecule has 4 aromatic rings. The molecular weight excluding hydrogens is 370 g/mol. The first-order valence-corrected chi connectivity index (χ1v) is 10.4. The van der Waals surface area contributed by atoms with Crippen LogP contribution in [0.3, 0.4) is 0 Å². The second-order valence-electron chi connectivity index (χ2n) is 8.12. The predicted octanol–water partition coefficient (Wildman–Crippen LogP) is 6.31. The topological polar surface area (TPSA) is 42.2 Å². The van der Waals surface area contributed by atoms with Gasteiger partial charge in [-0.25, -0.2) is 0 Å². The van der Waals surface area contributed by atoms with Crippen LogP contribution < -0.4 is 5.32 Å². The van der Waals surface area contributed by atoms with Gasteiger partial charge in [-0.15, -0.1) is 0 Å². The SMILES string of the molecule is Cc1cc2occ(CC(=O)NC(c3ccccc3)c3ccccc3)c2cc1C(C)C. The molecule has 1 amide bonds. The highest BCUT2D eigenvalue weighted by Crippen LogP contribution is 2.29. The van der Waals surface area contributed by atoms with Crippen molar-refractivity contribution in [3.63, 3.8) is 0 Å². The summed E-state index contributed by atoms with van der Waals surface area (Å²) in [7, 11) is 0. The standard InChI is InChI=1S/C27H27NO2/c1-18(2)23-16-24-22(17-30-25(24)14-19(23)3)15-26(29)28-27(20-10-6-4-7-11-20)21-12-8-5-9-13-21/h4-14,16-18,27H,15H2,1-3H3,(H,28,29). The van der Waals surface area contributed by atoms with E-state index in [0.29, 0.717) is 5.92 Å². The molecular formula is C27H27NO2. The third kappa shape index (κ3) is 4.16. The van der Waals surface area contributed by atoms with E-state index in [1.807, 2.05) is 60.7 Å². The quantitative estimate of drug-likeness (QED) is 0.414. The molecule has 1 heterocycles. The maximum atomic E-state index is 13.0. The average Bonchev–Trinajstić information content (AvgIpc) is 3.13. The van der Waals surface area contributed by atoms with Gasteiger partial charge in [0.1, 0.15) is 5.58 Å². The van der Waals surface area contributed by atoms with Gasteiger partial charge in [-0.05, 0) is 47.2 Å². The number of carbonyl (C=O) groups excluding carboxylic acids is 1. The van der Waals surface area contributed by atoms with Crippen LogP contribution in [0.5, 0.6) is 0 Å². The fourth-order valence-corrected chi connectivity index (χ4v) is 4.04. The molecule has 0 aliphatic rings. The summed E-state index contributed by atoms with van der Waals surface area (Å²) in [6, 6.07) is 24.2. The highest BCUT2D eigenvalue weighted by molar-refractivity contribution is 5.89. The predicted molar refractivity (Wildman–Crippen MR) is 122 cm³/mol. The summed E-state index contributed by atoms with van der Waals surface area (Å²) in [4.78, 5) is 13.0. The average molecular weight is 398 g/mol. The van der Waals surface area contributed by atoms with Gasteiger partial charge in [-0.2, -0.15) is 0 Å². The van der Waals surface area contributed by atoms with Gasteiger partial charge in [0.05, 0.1) is 18.7 Å². The van der Waals surface area contributed by atoms with E-state index in [2.05, 4.69) is 38.2 Å². The van der Waals surface area contributed by atoms with E-state index >= 15 is 0 Å². The smallest absolute Gasteiger partial charge is 0.225 e. The minimum atomic E-state index is -0.188. The molecule has 0 unspecified atom stereocenters. The van der Waals surface area contributed by atoms with Crippen LogP contribution in [0.4, 0.5) is 0 Å². The van der Waals surface area contributed by atoms with Crippen molar-refractivity contribution in [2.75, 3.05) is 0 Å². The lowest BCUT2D eigenvalue weighted by Crippen LogP contribution is -2.30. The molecule has 4 rings (SSSR count). The summed E-state index contributed by atoms with van der Waals surface area (Å²) < 4.78 is 5.76. The lowest BCUT2D eigenvalue weighted by Gasteiger charge is -2.20. The summed E-state index contributed by atoms with van der Waals surface area (Å²) in [6.07, 6.45) is 2.00. The molecule has 0 saturated heterocycles. The van der Waals surface area contributed by atoms with Crippen molar-refractivity contribution in [1.82, 2.24) is 5.32 Å². The van der Waals surface area contributed by atoms with Gasteiger partial charge in [0.25, 0.3) is 0 Å². The Morgan fingerprint density at radius 3 is 2.10 bits per heavy atom. The zero-order valence-electron chi connectivity index (χ0n) is 17.7. The number of hydrogen-bond acceptors (Lipinski definition) is 2. The molecule has 0 bridgehead atoms. The van der Waals surface area contributed by atoms with Gasteiger partial charge >= 0.3 is 0 Å². The molecule has 152 valence electrons. The fourth-order valence-electron chi connectivity index (χ4n) is 4.04. The zero-order chi connectivity index (χ0) is 21.1. The van der Waals surface area contributed by atoms with Crippen LogP contribution in [-0.4, -0.2) is 5.91 Å². The summed E-state index contributed by atoms with van der Waals surface area (Å²) in [5, 5.41) is 4.24. The largest absolute Gasteiger partial charge is 0.464 e. The van der Waals surface area contributed by atoms with E-state index in [9.17, 15) is 4.79 Å². The van der Waals surface area contributed by atoms with Gasteiger partial charge in [0.15, 0.2) is 0 Å². The fraction of sp³-hybridized carbons (Fsp3) is 0.222. The van der Waals surface area contributed by atoms with Gasteiger partial charge in [-0.1, -0.05) is 74.5 Å². The van der Waals surface area contributed by atoms with Crippen LogP contribution in [0, 0.1) is 6.92 Å². The molecule has 1 N–H and O–H groups in total. The second-order valence-corrected chi connectivity index (χ2v) is 8.12. The number of aryl methyl sites for hydroxylation is 1. The number of nitrogens with one attached hydrogen (secondary N) is 1. The van der Waals surface area contributed by atoms with Gasteiger partial charge in [0.2, 0.25) is 5.91 Å². The Bertz CT molecular complexity index is 1100. The number of hydrogen-bond donors (Lipinski definition) is 1. The molecule has 0 aliphatic heterocycles. The first-order chi connectivity index (χ1) is 14.5. The molecule has 3 heteroatoms. The molecule has 0 atom stereocenters. The second kappa shape index (κ2) is 8.58. The first-order valence-electron chi connectivity index (χ1n) is 10.4. The summed E-state index contributed by atoms with van der Waals surface area (Å²) in [6.45, 7) is 6.48. The van der Waals surface area contributed by atoms with Crippen LogP contribution in [0.1, 0.15) is 53.6 Å². The molecule has 3 nitrogen and oxygen atoms in total. The molecule has 30 heavy (non-hydrogen) atoms. The van der Waals surface area contributed by atoms with Crippen LogP contribution in [0.2, 0.25) is 0 Å². The zero-order valence-corrected chi connectivity index (χ0v) is 17.7. The third-order valence-corrected chi connectivity index (χ3v) is 5.59. The Hall–Kier alpha value is -3.33. The van der Waals surface area contributed by atoms with E-state index in [1.54, 1.807) is 6.26 Å². The minimum Gasteiger partial charge on any atom is -0.464 e.